The minimum atomic E-state index is -1.43. The summed E-state index contributed by atoms with van der Waals surface area (Å²) in [7, 11) is 0. The Balaban J connectivity index is 2.72. The average Bonchev–Trinajstić information content (AvgIpc) is 2.37. The number of primary amides is 1. The summed E-state index contributed by atoms with van der Waals surface area (Å²) < 4.78 is 0. The normalized spacial score (nSPS) is 11.0. The largest absolute Gasteiger partial charge is 0.480 e. The zero-order valence-corrected chi connectivity index (χ0v) is 11.3. The summed E-state index contributed by atoms with van der Waals surface area (Å²) >= 11 is 5.79. The number of amides is 3. The first-order valence-corrected chi connectivity index (χ1v) is 5.99. The van der Waals surface area contributed by atoms with E-state index >= 15 is 0 Å². The molecular weight excluding hydrogens is 300 g/mol. The smallest absolute Gasteiger partial charge is 0.326 e. The van der Waals surface area contributed by atoms with Crippen molar-refractivity contribution in [1.82, 2.24) is 5.32 Å². The number of nitrogens with two attached hydrogens (primary N) is 1. The molecule has 1 unspecified atom stereocenters. The van der Waals surface area contributed by atoms with E-state index in [4.69, 9.17) is 27.7 Å². The Hall–Kier alpha value is -2.79. The maximum Gasteiger partial charge on any atom is 0.326 e. The molecule has 0 aliphatic heterocycles. The van der Waals surface area contributed by atoms with E-state index in [-0.39, 0.29) is 16.3 Å². The van der Waals surface area contributed by atoms with Crippen molar-refractivity contribution < 1.29 is 19.5 Å². The molecule has 1 aromatic rings. The summed E-state index contributed by atoms with van der Waals surface area (Å²) in [4.78, 5) is 33.2. The van der Waals surface area contributed by atoms with Gasteiger partial charge in [-0.15, -0.1) is 0 Å². The van der Waals surface area contributed by atoms with E-state index in [0.29, 0.717) is 0 Å². The lowest BCUT2D eigenvalue weighted by Gasteiger charge is -2.13. The van der Waals surface area contributed by atoms with Crippen LogP contribution in [-0.2, 0) is 9.59 Å². The number of halogens is 1. The lowest BCUT2D eigenvalue weighted by molar-refractivity contribution is -0.140. The van der Waals surface area contributed by atoms with Crippen molar-refractivity contribution in [3.05, 3.63) is 28.8 Å². The highest BCUT2D eigenvalue weighted by molar-refractivity contribution is 6.32. The number of urea groups is 1. The summed E-state index contributed by atoms with van der Waals surface area (Å²) in [6.45, 7) is 0. The second-order valence-electron chi connectivity index (χ2n) is 3.97. The summed E-state index contributed by atoms with van der Waals surface area (Å²) in [6.07, 6.45) is -0.531. The third kappa shape index (κ3) is 5.00. The quantitative estimate of drug-likeness (QED) is 0.631. The van der Waals surface area contributed by atoms with Crippen molar-refractivity contribution in [2.45, 2.75) is 12.5 Å². The standard InChI is InChI=1S/C12H11ClN4O4/c13-8-3-7(2-1-6(8)5-14)16-12(21)17-9(11(19)20)4-10(15)18/h1-3,9H,4H2,(H2,15,18)(H,19,20)(H2,16,17,21). The first kappa shape index (κ1) is 16.3. The van der Waals surface area contributed by atoms with Crippen LogP contribution in [0, 0.1) is 11.3 Å². The molecule has 1 rings (SSSR count). The molecule has 5 N–H and O–H groups in total. The summed E-state index contributed by atoms with van der Waals surface area (Å²) in [5.41, 5.74) is 5.39. The predicted molar refractivity (Wildman–Crippen MR) is 73.6 cm³/mol. The van der Waals surface area contributed by atoms with Crippen LogP contribution >= 0.6 is 11.6 Å². The van der Waals surface area contributed by atoms with Gasteiger partial charge in [-0.2, -0.15) is 5.26 Å². The number of nitrogens with one attached hydrogen (secondary N) is 2. The molecule has 0 heterocycles. The van der Waals surface area contributed by atoms with Crippen molar-refractivity contribution in [1.29, 1.82) is 5.26 Å². The number of carboxylic acid groups (broad SMARTS) is 1. The van der Waals surface area contributed by atoms with Gasteiger partial charge in [0, 0.05) is 5.69 Å². The van der Waals surface area contributed by atoms with Gasteiger partial charge in [0.25, 0.3) is 0 Å². The molecule has 110 valence electrons. The molecule has 0 aliphatic carbocycles. The van der Waals surface area contributed by atoms with Crippen molar-refractivity contribution in [2.75, 3.05) is 5.32 Å². The number of hydrogen-bond acceptors (Lipinski definition) is 4. The van der Waals surface area contributed by atoms with Crippen molar-refractivity contribution in [2.24, 2.45) is 5.73 Å². The molecule has 0 bridgehead atoms. The van der Waals surface area contributed by atoms with Gasteiger partial charge in [-0.1, -0.05) is 11.6 Å². The van der Waals surface area contributed by atoms with Crippen LogP contribution < -0.4 is 16.4 Å². The number of carboxylic acids is 1. The summed E-state index contributed by atoms with van der Waals surface area (Å²) in [5.74, 6) is -2.24. The number of benzene rings is 1. The Kier molecular flexibility index (Phi) is 5.51. The average molecular weight is 311 g/mol. The van der Waals surface area contributed by atoms with Gasteiger partial charge < -0.3 is 21.5 Å². The number of carbonyl (C=O) groups is 3. The number of nitriles is 1. The summed E-state index contributed by atoms with van der Waals surface area (Å²) in [5, 5.41) is 22.1. The fraction of sp³-hybridized carbons (Fsp3) is 0.167. The second-order valence-corrected chi connectivity index (χ2v) is 4.37. The third-order valence-electron chi connectivity index (χ3n) is 2.36. The topological polar surface area (TPSA) is 145 Å². The molecule has 0 spiro atoms. The first-order chi connectivity index (χ1) is 9.83. The van der Waals surface area contributed by atoms with Crippen LogP contribution in [0.4, 0.5) is 10.5 Å². The molecule has 0 saturated carbocycles. The zero-order chi connectivity index (χ0) is 16.0. The van der Waals surface area contributed by atoms with Gasteiger partial charge in [-0.05, 0) is 18.2 Å². The Bertz CT molecular complexity index is 626. The van der Waals surface area contributed by atoms with E-state index in [9.17, 15) is 14.4 Å². The number of anilines is 1. The van der Waals surface area contributed by atoms with Gasteiger partial charge in [0.2, 0.25) is 5.91 Å². The Morgan fingerprint density at radius 3 is 2.57 bits per heavy atom. The van der Waals surface area contributed by atoms with Crippen LogP contribution in [0.15, 0.2) is 18.2 Å². The molecule has 0 aliphatic rings. The van der Waals surface area contributed by atoms with Crippen molar-refractivity contribution in [3.8, 4) is 6.07 Å². The molecule has 3 amide bonds. The van der Waals surface area contributed by atoms with Crippen LogP contribution in [0.25, 0.3) is 0 Å². The molecule has 1 aromatic carbocycles. The van der Waals surface area contributed by atoms with E-state index in [1.165, 1.54) is 18.2 Å². The number of rotatable bonds is 5. The minimum Gasteiger partial charge on any atom is -0.480 e. The second kappa shape index (κ2) is 7.12. The van der Waals surface area contributed by atoms with Crippen molar-refractivity contribution >= 4 is 35.2 Å². The van der Waals surface area contributed by atoms with Crippen LogP contribution in [0.3, 0.4) is 0 Å². The number of carbonyl (C=O) groups excluding carboxylic acids is 2. The van der Waals surface area contributed by atoms with Gasteiger partial charge in [-0.3, -0.25) is 4.79 Å². The number of nitrogens with zero attached hydrogens (tertiary/aromatic N) is 1. The maximum absolute atomic E-state index is 11.6. The minimum absolute atomic E-state index is 0.141. The van der Waals surface area contributed by atoms with Gasteiger partial charge >= 0.3 is 12.0 Å². The summed E-state index contributed by atoms with van der Waals surface area (Å²) in [6, 6.07) is 3.74. The lowest BCUT2D eigenvalue weighted by Crippen LogP contribution is -2.45. The molecular formula is C12H11ClN4O4. The number of aliphatic carboxylic acids is 1. The van der Waals surface area contributed by atoms with Gasteiger partial charge in [0.15, 0.2) is 0 Å². The van der Waals surface area contributed by atoms with Crippen LogP contribution in [0.5, 0.6) is 0 Å². The van der Waals surface area contributed by atoms with E-state index < -0.39 is 30.4 Å². The Morgan fingerprint density at radius 1 is 1.43 bits per heavy atom. The number of hydrogen-bond donors (Lipinski definition) is 4. The fourth-order valence-corrected chi connectivity index (χ4v) is 1.63. The van der Waals surface area contributed by atoms with E-state index in [1.807, 2.05) is 6.07 Å². The molecule has 9 heteroatoms. The first-order valence-electron chi connectivity index (χ1n) is 5.61. The molecule has 8 nitrogen and oxygen atoms in total. The van der Waals surface area contributed by atoms with Gasteiger partial charge in [0.05, 0.1) is 17.0 Å². The third-order valence-corrected chi connectivity index (χ3v) is 2.67. The van der Waals surface area contributed by atoms with Gasteiger partial charge in [0.1, 0.15) is 12.1 Å². The molecule has 1 atom stereocenters. The van der Waals surface area contributed by atoms with Crippen LogP contribution in [-0.4, -0.2) is 29.1 Å². The molecule has 21 heavy (non-hydrogen) atoms. The zero-order valence-electron chi connectivity index (χ0n) is 10.6. The SMILES string of the molecule is N#Cc1ccc(NC(=O)NC(CC(N)=O)C(=O)O)cc1Cl. The van der Waals surface area contributed by atoms with Gasteiger partial charge in [-0.25, -0.2) is 9.59 Å². The van der Waals surface area contributed by atoms with E-state index in [2.05, 4.69) is 10.6 Å². The van der Waals surface area contributed by atoms with E-state index in [1.54, 1.807) is 0 Å². The molecule has 0 saturated heterocycles. The highest BCUT2D eigenvalue weighted by atomic mass is 35.5. The Morgan fingerprint density at radius 2 is 2.10 bits per heavy atom. The Labute approximate surface area is 124 Å². The highest BCUT2D eigenvalue weighted by Crippen LogP contribution is 2.20. The van der Waals surface area contributed by atoms with Crippen LogP contribution in [0.1, 0.15) is 12.0 Å². The molecule has 0 aromatic heterocycles. The fourth-order valence-electron chi connectivity index (χ4n) is 1.41. The molecule has 0 radical (unpaired) electrons. The highest BCUT2D eigenvalue weighted by Gasteiger charge is 2.22. The molecule has 0 fully saturated rings. The van der Waals surface area contributed by atoms with Crippen molar-refractivity contribution in [3.63, 3.8) is 0 Å². The van der Waals surface area contributed by atoms with E-state index in [0.717, 1.165) is 0 Å². The lowest BCUT2D eigenvalue weighted by atomic mass is 10.2. The van der Waals surface area contributed by atoms with Crippen LogP contribution in [0.2, 0.25) is 5.02 Å². The maximum atomic E-state index is 11.6. The monoisotopic (exact) mass is 310 g/mol. The predicted octanol–water partition coefficient (Wildman–Crippen LogP) is 0.662.